The van der Waals surface area contributed by atoms with Gasteiger partial charge in [0.2, 0.25) is 5.91 Å². The van der Waals surface area contributed by atoms with Crippen molar-refractivity contribution in [3.05, 3.63) is 45.2 Å². The van der Waals surface area contributed by atoms with Gasteiger partial charge in [-0.05, 0) is 12.1 Å². The number of amides is 1. The number of carbonyl (C=O) groups is 1. The number of nitrogens with zero attached hydrogens (tertiary/aromatic N) is 2. The number of likely N-dealkylation sites (N-methyl/N-ethyl adjacent to an activating group) is 1. The SMILES string of the molecule is CN(C)C(=O)Cn1c(=O)oc(=O)c2ccccc21. The minimum absolute atomic E-state index is 0.157. The fourth-order valence-electron chi connectivity index (χ4n) is 1.60. The number of aromatic nitrogens is 1. The van der Waals surface area contributed by atoms with E-state index >= 15 is 0 Å². The van der Waals surface area contributed by atoms with Crippen molar-refractivity contribution in [2.75, 3.05) is 14.1 Å². The largest absolute Gasteiger partial charge is 0.422 e. The zero-order chi connectivity index (χ0) is 13.3. The third-order valence-corrected chi connectivity index (χ3v) is 2.61. The topological polar surface area (TPSA) is 72.5 Å². The van der Waals surface area contributed by atoms with E-state index in [9.17, 15) is 14.4 Å². The van der Waals surface area contributed by atoms with Crippen LogP contribution in [0.5, 0.6) is 0 Å². The quantitative estimate of drug-likeness (QED) is 0.752. The van der Waals surface area contributed by atoms with Gasteiger partial charge in [-0.2, -0.15) is 0 Å². The molecule has 0 N–H and O–H groups in total. The summed E-state index contributed by atoms with van der Waals surface area (Å²) in [6.07, 6.45) is 0. The molecule has 18 heavy (non-hydrogen) atoms. The van der Waals surface area contributed by atoms with Crippen molar-refractivity contribution in [1.29, 1.82) is 0 Å². The number of carbonyl (C=O) groups excluding carboxylic acids is 1. The van der Waals surface area contributed by atoms with Gasteiger partial charge in [0.25, 0.3) is 0 Å². The second-order valence-corrected chi connectivity index (χ2v) is 4.05. The highest BCUT2D eigenvalue weighted by Crippen LogP contribution is 2.07. The lowest BCUT2D eigenvalue weighted by Crippen LogP contribution is -2.33. The highest BCUT2D eigenvalue weighted by atomic mass is 16.4. The highest BCUT2D eigenvalue weighted by Gasteiger charge is 2.12. The molecule has 0 unspecified atom stereocenters. The first-order valence-electron chi connectivity index (χ1n) is 5.33. The first kappa shape index (κ1) is 12.1. The second-order valence-electron chi connectivity index (χ2n) is 4.05. The zero-order valence-corrected chi connectivity index (χ0v) is 10.0. The van der Waals surface area contributed by atoms with Gasteiger partial charge >= 0.3 is 11.4 Å². The van der Waals surface area contributed by atoms with Crippen molar-refractivity contribution in [2.24, 2.45) is 0 Å². The lowest BCUT2D eigenvalue weighted by molar-refractivity contribution is -0.129. The number of benzene rings is 1. The van der Waals surface area contributed by atoms with Crippen molar-refractivity contribution in [1.82, 2.24) is 9.47 Å². The van der Waals surface area contributed by atoms with Crippen LogP contribution in [0.15, 0.2) is 38.3 Å². The molecule has 1 heterocycles. The zero-order valence-electron chi connectivity index (χ0n) is 10.0. The molecule has 0 bridgehead atoms. The Morgan fingerprint density at radius 3 is 2.61 bits per heavy atom. The number of rotatable bonds is 2. The molecule has 6 nitrogen and oxygen atoms in total. The molecule has 2 aromatic rings. The van der Waals surface area contributed by atoms with Crippen molar-refractivity contribution in [2.45, 2.75) is 6.54 Å². The monoisotopic (exact) mass is 248 g/mol. The van der Waals surface area contributed by atoms with Crippen LogP contribution in [0.1, 0.15) is 0 Å². The van der Waals surface area contributed by atoms with Crippen LogP contribution in [0.2, 0.25) is 0 Å². The summed E-state index contributed by atoms with van der Waals surface area (Å²) >= 11 is 0. The summed E-state index contributed by atoms with van der Waals surface area (Å²) in [5.74, 6) is -1.08. The Hall–Kier alpha value is -2.37. The van der Waals surface area contributed by atoms with Gasteiger partial charge in [-0.15, -0.1) is 0 Å². The number of hydrogen-bond acceptors (Lipinski definition) is 4. The Kier molecular flexibility index (Phi) is 3.01. The summed E-state index contributed by atoms with van der Waals surface area (Å²) in [4.78, 5) is 36.1. The molecule has 2 rings (SSSR count). The molecule has 0 aliphatic carbocycles. The van der Waals surface area contributed by atoms with E-state index in [2.05, 4.69) is 4.42 Å². The van der Waals surface area contributed by atoms with Gasteiger partial charge in [-0.25, -0.2) is 9.59 Å². The van der Waals surface area contributed by atoms with Crippen molar-refractivity contribution >= 4 is 16.8 Å². The summed E-state index contributed by atoms with van der Waals surface area (Å²) in [5, 5.41) is 0.281. The summed E-state index contributed by atoms with van der Waals surface area (Å²) in [6, 6.07) is 6.52. The van der Waals surface area contributed by atoms with Gasteiger partial charge in [-0.1, -0.05) is 12.1 Å². The molecule has 0 saturated heterocycles. The molecular formula is C12H12N2O4. The average Bonchev–Trinajstić information content (AvgIpc) is 2.34. The van der Waals surface area contributed by atoms with Gasteiger partial charge in [0, 0.05) is 14.1 Å². The van der Waals surface area contributed by atoms with Crippen molar-refractivity contribution in [3.63, 3.8) is 0 Å². The van der Waals surface area contributed by atoms with Crippen LogP contribution in [0.25, 0.3) is 10.9 Å². The molecule has 94 valence electrons. The molecule has 0 saturated carbocycles. The molecule has 0 atom stereocenters. The minimum atomic E-state index is -0.825. The van der Waals surface area contributed by atoms with Gasteiger partial charge in [0.05, 0.1) is 10.9 Å². The van der Waals surface area contributed by atoms with E-state index < -0.39 is 11.4 Å². The normalized spacial score (nSPS) is 10.6. The van der Waals surface area contributed by atoms with Crippen LogP contribution in [-0.2, 0) is 11.3 Å². The first-order chi connectivity index (χ1) is 8.50. The Morgan fingerprint density at radius 2 is 1.94 bits per heavy atom. The summed E-state index contributed by atoms with van der Waals surface area (Å²) in [7, 11) is 3.18. The Labute approximate surface area is 102 Å². The molecule has 1 aromatic heterocycles. The molecule has 0 fully saturated rings. The van der Waals surface area contributed by atoms with Gasteiger partial charge in [-0.3, -0.25) is 9.36 Å². The summed E-state index contributed by atoms with van der Waals surface area (Å²) < 4.78 is 5.74. The minimum Gasteiger partial charge on any atom is -0.372 e. The summed E-state index contributed by atoms with van der Waals surface area (Å²) in [6.45, 7) is -0.157. The van der Waals surface area contributed by atoms with Crippen LogP contribution < -0.4 is 11.4 Å². The molecule has 0 aliphatic heterocycles. The van der Waals surface area contributed by atoms with Crippen LogP contribution in [0.4, 0.5) is 0 Å². The standard InChI is InChI=1S/C12H12N2O4/c1-13(2)10(15)7-14-9-6-4-3-5-8(9)11(16)18-12(14)17/h3-6H,7H2,1-2H3. The fourth-order valence-corrected chi connectivity index (χ4v) is 1.60. The van der Waals surface area contributed by atoms with E-state index in [4.69, 9.17) is 0 Å². The van der Waals surface area contributed by atoms with E-state index in [1.54, 1.807) is 38.4 Å². The lowest BCUT2D eigenvalue weighted by atomic mass is 10.2. The molecular weight excluding hydrogens is 236 g/mol. The Bertz CT molecular complexity index is 712. The molecule has 1 amide bonds. The maximum atomic E-state index is 11.6. The maximum absolute atomic E-state index is 11.6. The third-order valence-electron chi connectivity index (χ3n) is 2.61. The molecule has 6 heteroatoms. The Morgan fingerprint density at radius 1 is 1.28 bits per heavy atom. The van der Waals surface area contributed by atoms with E-state index in [0.29, 0.717) is 5.52 Å². The fraction of sp³-hybridized carbons (Fsp3) is 0.250. The molecule has 0 radical (unpaired) electrons. The van der Waals surface area contributed by atoms with E-state index in [-0.39, 0.29) is 17.8 Å². The first-order valence-corrected chi connectivity index (χ1v) is 5.33. The van der Waals surface area contributed by atoms with Crippen LogP contribution >= 0.6 is 0 Å². The van der Waals surface area contributed by atoms with Crippen molar-refractivity contribution < 1.29 is 9.21 Å². The maximum Gasteiger partial charge on any atom is 0.422 e. The summed E-state index contributed by atoms with van der Waals surface area (Å²) in [5.41, 5.74) is -0.293. The number of para-hydroxylation sites is 1. The number of fused-ring (bicyclic) bond motifs is 1. The Balaban J connectivity index is 2.67. The smallest absolute Gasteiger partial charge is 0.372 e. The predicted molar refractivity (Wildman–Crippen MR) is 65.4 cm³/mol. The van der Waals surface area contributed by atoms with E-state index in [1.165, 1.54) is 4.90 Å². The number of hydrogen-bond donors (Lipinski definition) is 0. The van der Waals surface area contributed by atoms with E-state index in [0.717, 1.165) is 4.57 Å². The third kappa shape index (κ3) is 2.04. The molecule has 0 aliphatic rings. The van der Waals surface area contributed by atoms with Crippen LogP contribution in [0.3, 0.4) is 0 Å². The van der Waals surface area contributed by atoms with Gasteiger partial charge in [0.15, 0.2) is 0 Å². The van der Waals surface area contributed by atoms with Gasteiger partial charge < -0.3 is 9.32 Å². The lowest BCUT2D eigenvalue weighted by Gasteiger charge is -2.12. The van der Waals surface area contributed by atoms with Crippen LogP contribution in [0, 0.1) is 0 Å². The molecule has 1 aromatic carbocycles. The van der Waals surface area contributed by atoms with Crippen LogP contribution in [-0.4, -0.2) is 29.5 Å². The second kappa shape index (κ2) is 4.48. The average molecular weight is 248 g/mol. The van der Waals surface area contributed by atoms with Gasteiger partial charge in [0.1, 0.15) is 6.54 Å². The van der Waals surface area contributed by atoms with E-state index in [1.807, 2.05) is 0 Å². The molecule has 0 spiro atoms. The predicted octanol–water partition coefficient (Wildman–Crippen LogP) is 0.0429. The highest BCUT2D eigenvalue weighted by molar-refractivity contribution is 5.81. The van der Waals surface area contributed by atoms with Crippen molar-refractivity contribution in [3.8, 4) is 0 Å².